The molecule has 2 N–H and O–H groups in total. The topological polar surface area (TPSA) is 45.2 Å². The van der Waals surface area contributed by atoms with Crippen LogP contribution in [0.25, 0.3) is 0 Å². The number of thiocarbonyl (C=S) groups is 2. The number of likely N-dealkylation sites (tertiary alicyclic amines) is 1. The first-order valence-electron chi connectivity index (χ1n) is 18.7. The molecule has 260 valence electrons. The van der Waals surface area contributed by atoms with Crippen molar-refractivity contribution < 1.29 is 5.11 Å². The molecule has 3 aromatic carbocycles. The monoisotopic (exact) mass is 695 g/mol. The van der Waals surface area contributed by atoms with Gasteiger partial charge >= 0.3 is 0 Å². The zero-order chi connectivity index (χ0) is 33.6. The van der Waals surface area contributed by atoms with Gasteiger partial charge in [0.1, 0.15) is 5.75 Å². The summed E-state index contributed by atoms with van der Waals surface area (Å²) in [5.74, 6) is 1.06. The van der Waals surface area contributed by atoms with Crippen molar-refractivity contribution in [2.75, 3.05) is 39.3 Å². The van der Waals surface area contributed by atoms with Crippen LogP contribution in [0.15, 0.2) is 84.9 Å². The summed E-state index contributed by atoms with van der Waals surface area (Å²) in [5.41, 5.74) is 4.02. The number of hydrogen-bond donors (Lipinski definition) is 2. The van der Waals surface area contributed by atoms with E-state index in [1.165, 1.54) is 61.6 Å². The molecule has 3 aliphatic heterocycles. The normalized spacial score (nSPS) is 24.2. The number of nitrogens with zero attached hydrogens (tertiary/aromatic N) is 4. The molecule has 4 aliphatic rings. The second kappa shape index (κ2) is 16.2. The first-order valence-corrected chi connectivity index (χ1v) is 19.5. The molecular weight excluding hydrogens is 643 g/mol. The lowest BCUT2D eigenvalue weighted by Crippen LogP contribution is -2.51. The summed E-state index contributed by atoms with van der Waals surface area (Å²) in [4.78, 5) is 10.5. The quantitative estimate of drug-likeness (QED) is 0.193. The molecule has 0 spiro atoms. The van der Waals surface area contributed by atoms with E-state index in [0.29, 0.717) is 29.9 Å². The maximum Gasteiger partial charge on any atom is 0.172 e. The van der Waals surface area contributed by atoms with Gasteiger partial charge in [-0.05, 0) is 111 Å². The fraction of sp³-hybridized carbons (Fsp3) is 0.512. The van der Waals surface area contributed by atoms with E-state index in [2.05, 4.69) is 85.6 Å². The van der Waals surface area contributed by atoms with Crippen molar-refractivity contribution in [1.82, 2.24) is 24.9 Å². The van der Waals surface area contributed by atoms with Crippen LogP contribution in [0, 0.1) is 5.92 Å². The highest BCUT2D eigenvalue weighted by molar-refractivity contribution is 7.80. The Hall–Kier alpha value is -3.20. The van der Waals surface area contributed by atoms with Crippen LogP contribution in [-0.2, 0) is 19.3 Å². The van der Waals surface area contributed by atoms with Crippen molar-refractivity contribution in [3.8, 4) is 5.75 Å². The Balaban J connectivity index is 1.09. The van der Waals surface area contributed by atoms with Crippen molar-refractivity contribution in [2.24, 2.45) is 5.92 Å². The van der Waals surface area contributed by atoms with Gasteiger partial charge in [-0.25, -0.2) is 0 Å². The van der Waals surface area contributed by atoms with Crippen molar-refractivity contribution in [1.29, 1.82) is 0 Å². The minimum absolute atomic E-state index is 0.307. The van der Waals surface area contributed by atoms with Crippen molar-refractivity contribution in [3.63, 3.8) is 0 Å². The zero-order valence-electron chi connectivity index (χ0n) is 28.8. The fourth-order valence-electron chi connectivity index (χ4n) is 8.87. The number of phenolic OH excluding ortho intramolecular Hbond substituents is 1. The Morgan fingerprint density at radius 2 is 1.37 bits per heavy atom. The smallest absolute Gasteiger partial charge is 0.172 e. The molecule has 3 heterocycles. The van der Waals surface area contributed by atoms with Gasteiger partial charge < -0.3 is 25.1 Å². The van der Waals surface area contributed by atoms with Crippen LogP contribution in [0.1, 0.15) is 61.6 Å². The van der Waals surface area contributed by atoms with E-state index in [9.17, 15) is 5.11 Å². The van der Waals surface area contributed by atoms with E-state index in [0.717, 1.165) is 74.7 Å². The molecular formula is C41H53N5OS2. The third-order valence-electron chi connectivity index (χ3n) is 11.5. The van der Waals surface area contributed by atoms with Gasteiger partial charge in [0, 0.05) is 44.8 Å². The fourth-order valence-corrected chi connectivity index (χ4v) is 9.62. The Kier molecular flexibility index (Phi) is 11.3. The highest BCUT2D eigenvalue weighted by Crippen LogP contribution is 2.31. The molecule has 0 amide bonds. The molecule has 0 unspecified atom stereocenters. The van der Waals surface area contributed by atoms with E-state index >= 15 is 0 Å². The third kappa shape index (κ3) is 8.58. The van der Waals surface area contributed by atoms with Crippen LogP contribution in [0.5, 0.6) is 5.75 Å². The van der Waals surface area contributed by atoms with Gasteiger partial charge in [-0.2, -0.15) is 0 Å². The predicted molar refractivity (Wildman–Crippen MR) is 208 cm³/mol. The van der Waals surface area contributed by atoms with Gasteiger partial charge in [0.05, 0.1) is 12.1 Å². The summed E-state index contributed by atoms with van der Waals surface area (Å²) in [6, 6.07) is 31.2. The molecule has 1 aliphatic carbocycles. The number of hydrogen-bond acceptors (Lipinski definition) is 4. The summed E-state index contributed by atoms with van der Waals surface area (Å²) < 4.78 is 0. The molecule has 1 saturated carbocycles. The van der Waals surface area contributed by atoms with Gasteiger partial charge in [0.2, 0.25) is 0 Å². The third-order valence-corrected chi connectivity index (χ3v) is 12.4. The second-order valence-corrected chi connectivity index (χ2v) is 15.7. The van der Waals surface area contributed by atoms with Crippen LogP contribution in [0.2, 0.25) is 0 Å². The zero-order valence-corrected chi connectivity index (χ0v) is 30.5. The number of phenols is 1. The minimum Gasteiger partial charge on any atom is -0.508 e. The Morgan fingerprint density at radius 3 is 2.10 bits per heavy atom. The van der Waals surface area contributed by atoms with Crippen LogP contribution in [0.4, 0.5) is 0 Å². The van der Waals surface area contributed by atoms with Gasteiger partial charge in [-0.15, -0.1) is 0 Å². The Labute approximate surface area is 304 Å². The number of nitrogens with one attached hydrogen (secondary N) is 1. The minimum atomic E-state index is 0.307. The summed E-state index contributed by atoms with van der Waals surface area (Å²) in [6.45, 7) is 6.02. The Bertz CT molecular complexity index is 1520. The van der Waals surface area contributed by atoms with Crippen molar-refractivity contribution in [3.05, 3.63) is 102 Å². The van der Waals surface area contributed by atoms with E-state index in [1.54, 1.807) is 12.1 Å². The number of benzene rings is 3. The molecule has 4 fully saturated rings. The predicted octanol–water partition coefficient (Wildman–Crippen LogP) is 6.66. The largest absolute Gasteiger partial charge is 0.508 e. The lowest BCUT2D eigenvalue weighted by molar-refractivity contribution is 0.159. The molecule has 7 rings (SSSR count). The van der Waals surface area contributed by atoms with Crippen LogP contribution < -0.4 is 5.32 Å². The molecule has 4 atom stereocenters. The van der Waals surface area contributed by atoms with Crippen LogP contribution in [0.3, 0.4) is 0 Å². The molecule has 0 radical (unpaired) electrons. The van der Waals surface area contributed by atoms with Crippen molar-refractivity contribution >= 4 is 34.7 Å². The van der Waals surface area contributed by atoms with E-state index in [4.69, 9.17) is 24.4 Å². The van der Waals surface area contributed by atoms with E-state index in [-0.39, 0.29) is 0 Å². The molecule has 49 heavy (non-hydrogen) atoms. The molecule has 3 aromatic rings. The van der Waals surface area contributed by atoms with Gasteiger partial charge in [0.15, 0.2) is 10.2 Å². The first-order chi connectivity index (χ1) is 24.0. The highest BCUT2D eigenvalue weighted by atomic mass is 32.1. The number of rotatable bonds is 13. The number of aromatic hydroxyl groups is 1. The maximum atomic E-state index is 9.80. The average molecular weight is 696 g/mol. The van der Waals surface area contributed by atoms with Crippen molar-refractivity contribution in [2.45, 2.75) is 88.4 Å². The molecule has 0 bridgehead atoms. The molecule has 6 nitrogen and oxygen atoms in total. The lowest BCUT2D eigenvalue weighted by Gasteiger charge is -2.37. The van der Waals surface area contributed by atoms with E-state index in [1.807, 2.05) is 12.1 Å². The summed E-state index contributed by atoms with van der Waals surface area (Å²) in [5, 5.41) is 15.2. The summed E-state index contributed by atoms with van der Waals surface area (Å²) in [7, 11) is 0. The van der Waals surface area contributed by atoms with Gasteiger partial charge in [-0.3, -0.25) is 4.90 Å². The summed E-state index contributed by atoms with van der Waals surface area (Å²) >= 11 is 12.4. The van der Waals surface area contributed by atoms with Gasteiger partial charge in [-0.1, -0.05) is 92.1 Å². The highest BCUT2D eigenvalue weighted by Gasteiger charge is 2.41. The lowest BCUT2D eigenvalue weighted by atomic mass is 9.88. The first kappa shape index (κ1) is 34.3. The van der Waals surface area contributed by atoms with Crippen LogP contribution >= 0.6 is 24.4 Å². The molecule has 0 aromatic heterocycles. The van der Waals surface area contributed by atoms with E-state index < -0.39 is 0 Å². The maximum absolute atomic E-state index is 9.80. The second-order valence-electron chi connectivity index (χ2n) is 14.9. The molecule has 8 heteroatoms. The SMILES string of the molecule is Oc1ccc(C[C@H]2CNC(=S)N2C[C@H]2CCCN2C[C@H](Cc2ccccc2)N2C[C@H](Cc3ccccc3)N(CC3CCCCC3)C2=S)cc1. The van der Waals surface area contributed by atoms with Gasteiger partial charge in [0.25, 0.3) is 0 Å². The Morgan fingerprint density at radius 1 is 0.694 bits per heavy atom. The molecule has 3 saturated heterocycles. The standard InChI is InChI=1S/C41H53N5OS2/c47-39-20-18-33(19-21-39)23-36-26-42-40(48)44(36)29-35-17-10-22-43(35)28-37(24-31-11-4-1-5-12-31)46-30-38(25-32-13-6-2-7-14-32)45(41(46)49)27-34-15-8-3-9-16-34/h1-2,4-7,11-14,18-21,34-38,47H,3,8-10,15-17,22-30H2,(H,42,48)/t35-,36+,37+,38+/m1/s1. The average Bonchev–Trinajstić information content (AvgIpc) is 3.80. The summed E-state index contributed by atoms with van der Waals surface area (Å²) in [6.07, 6.45) is 12.1. The van der Waals surface area contributed by atoms with Crippen LogP contribution in [-0.4, -0.2) is 98.4 Å².